The summed E-state index contributed by atoms with van der Waals surface area (Å²) < 4.78 is 1.93. The largest absolute Gasteiger partial charge is 0.508 e. The summed E-state index contributed by atoms with van der Waals surface area (Å²) in [6.07, 6.45) is 5.35. The molecule has 0 bridgehead atoms. The summed E-state index contributed by atoms with van der Waals surface area (Å²) in [5, 5.41) is 10.6. The molecule has 0 aliphatic carbocycles. The van der Waals surface area contributed by atoms with Crippen molar-refractivity contribution in [2.24, 2.45) is 0 Å². The lowest BCUT2D eigenvalue weighted by Gasteiger charge is -2.05. The van der Waals surface area contributed by atoms with Crippen molar-refractivity contribution in [1.29, 1.82) is 0 Å². The van der Waals surface area contributed by atoms with Crippen LogP contribution in [-0.2, 0) is 0 Å². The van der Waals surface area contributed by atoms with Crippen molar-refractivity contribution in [2.75, 3.05) is 0 Å². The number of imidazole rings is 1. The highest BCUT2D eigenvalue weighted by atomic mass is 16.3. The molecule has 0 spiro atoms. The number of rotatable bonds is 2. The van der Waals surface area contributed by atoms with Gasteiger partial charge < -0.3 is 10.1 Å². The Hall–Kier alpha value is -3.67. The second-order valence-corrected chi connectivity index (χ2v) is 5.81. The minimum atomic E-state index is 0.225. The summed E-state index contributed by atoms with van der Waals surface area (Å²) in [7, 11) is 0. The number of aromatic nitrogens is 5. The number of H-pyrrole nitrogens is 1. The fraction of sp³-hybridized carbons (Fsp3) is 0. The molecule has 0 amide bonds. The Morgan fingerprint density at radius 2 is 1.84 bits per heavy atom. The molecule has 0 aliphatic heterocycles. The van der Waals surface area contributed by atoms with Crippen molar-refractivity contribution in [3.8, 4) is 22.7 Å². The lowest BCUT2D eigenvalue weighted by Crippen LogP contribution is -1.96. The van der Waals surface area contributed by atoms with E-state index in [1.165, 1.54) is 0 Å². The van der Waals surface area contributed by atoms with Crippen molar-refractivity contribution < 1.29 is 5.11 Å². The normalized spacial score (nSPS) is 11.4. The maximum Gasteiger partial charge on any atom is 0.197 e. The summed E-state index contributed by atoms with van der Waals surface area (Å²) >= 11 is 0. The van der Waals surface area contributed by atoms with E-state index >= 15 is 0 Å². The minimum absolute atomic E-state index is 0.225. The van der Waals surface area contributed by atoms with Crippen LogP contribution in [0.15, 0.2) is 67.3 Å². The molecule has 3 heterocycles. The fourth-order valence-corrected chi connectivity index (χ4v) is 2.94. The molecular formula is C19H13N5O. The van der Waals surface area contributed by atoms with Crippen molar-refractivity contribution in [1.82, 2.24) is 24.5 Å². The molecule has 3 aromatic heterocycles. The highest BCUT2D eigenvalue weighted by molar-refractivity contribution is 5.82. The highest BCUT2D eigenvalue weighted by Crippen LogP contribution is 2.24. The topological polar surface area (TPSA) is 79.6 Å². The average Bonchev–Trinajstić information content (AvgIpc) is 3.27. The smallest absolute Gasteiger partial charge is 0.197 e. The Kier molecular flexibility index (Phi) is 2.84. The number of phenols is 1. The predicted molar refractivity (Wildman–Crippen MR) is 95.6 cm³/mol. The number of hydrogen-bond acceptors (Lipinski definition) is 4. The molecule has 5 aromatic rings. The lowest BCUT2D eigenvalue weighted by molar-refractivity contribution is 0.475. The monoisotopic (exact) mass is 327 g/mol. The van der Waals surface area contributed by atoms with Crippen LogP contribution in [0.1, 0.15) is 0 Å². The third kappa shape index (κ3) is 2.23. The van der Waals surface area contributed by atoms with E-state index in [4.69, 9.17) is 4.98 Å². The van der Waals surface area contributed by atoms with Crippen LogP contribution in [0, 0.1) is 0 Å². The summed E-state index contributed by atoms with van der Waals surface area (Å²) in [5.74, 6) is 0.225. The van der Waals surface area contributed by atoms with E-state index in [1.54, 1.807) is 24.7 Å². The van der Waals surface area contributed by atoms with Gasteiger partial charge in [-0.25, -0.2) is 15.0 Å². The van der Waals surface area contributed by atoms with Crippen LogP contribution < -0.4 is 0 Å². The summed E-state index contributed by atoms with van der Waals surface area (Å²) in [5.41, 5.74) is 4.98. The van der Waals surface area contributed by atoms with Gasteiger partial charge in [0, 0.05) is 28.4 Å². The van der Waals surface area contributed by atoms with Crippen LogP contribution in [0.25, 0.3) is 39.1 Å². The summed E-state index contributed by atoms with van der Waals surface area (Å²) in [6.45, 7) is 0. The Morgan fingerprint density at radius 3 is 2.72 bits per heavy atom. The zero-order valence-electron chi connectivity index (χ0n) is 13.1. The predicted octanol–water partition coefficient (Wildman–Crippen LogP) is 3.67. The van der Waals surface area contributed by atoms with Gasteiger partial charge in [-0.2, -0.15) is 0 Å². The second kappa shape index (κ2) is 5.17. The zero-order chi connectivity index (χ0) is 16.8. The first-order valence-electron chi connectivity index (χ1n) is 7.85. The summed E-state index contributed by atoms with van der Waals surface area (Å²) in [4.78, 5) is 16.7. The molecule has 6 heteroatoms. The second-order valence-electron chi connectivity index (χ2n) is 5.81. The van der Waals surface area contributed by atoms with Crippen LogP contribution >= 0.6 is 0 Å². The molecular weight excluding hydrogens is 314 g/mol. The van der Waals surface area contributed by atoms with E-state index in [1.807, 2.05) is 41.1 Å². The maximum atomic E-state index is 9.45. The van der Waals surface area contributed by atoms with Gasteiger partial charge in [0.2, 0.25) is 0 Å². The summed E-state index contributed by atoms with van der Waals surface area (Å²) in [6, 6.07) is 15.1. The molecule has 0 radical (unpaired) electrons. The molecule has 5 rings (SSSR count). The van der Waals surface area contributed by atoms with Crippen molar-refractivity contribution in [2.45, 2.75) is 0 Å². The van der Waals surface area contributed by atoms with E-state index < -0.39 is 0 Å². The fourth-order valence-electron chi connectivity index (χ4n) is 2.94. The van der Waals surface area contributed by atoms with Crippen LogP contribution in [0.5, 0.6) is 5.75 Å². The van der Waals surface area contributed by atoms with Gasteiger partial charge in [-0.05, 0) is 48.5 Å². The van der Waals surface area contributed by atoms with Gasteiger partial charge in [0.05, 0.1) is 11.9 Å². The lowest BCUT2D eigenvalue weighted by atomic mass is 10.1. The van der Waals surface area contributed by atoms with Crippen molar-refractivity contribution in [3.63, 3.8) is 0 Å². The number of phenolic OH excluding ortho intramolecular Hbond substituents is 1. The molecule has 0 aliphatic rings. The maximum absolute atomic E-state index is 9.45. The molecule has 2 N–H and O–H groups in total. The molecule has 120 valence electrons. The third-order valence-corrected chi connectivity index (χ3v) is 4.24. The van der Waals surface area contributed by atoms with E-state index in [9.17, 15) is 5.11 Å². The van der Waals surface area contributed by atoms with E-state index in [2.05, 4.69) is 21.0 Å². The van der Waals surface area contributed by atoms with Gasteiger partial charge in [-0.3, -0.25) is 4.57 Å². The van der Waals surface area contributed by atoms with Crippen LogP contribution in [-0.4, -0.2) is 29.6 Å². The first-order valence-corrected chi connectivity index (χ1v) is 7.85. The van der Waals surface area contributed by atoms with Gasteiger partial charge in [-0.1, -0.05) is 0 Å². The zero-order valence-corrected chi connectivity index (χ0v) is 13.1. The Bertz CT molecular complexity index is 1200. The number of hydrogen-bond donors (Lipinski definition) is 2. The first kappa shape index (κ1) is 13.7. The van der Waals surface area contributed by atoms with E-state index in [-0.39, 0.29) is 5.75 Å². The highest BCUT2D eigenvalue weighted by Gasteiger charge is 2.10. The third-order valence-electron chi connectivity index (χ3n) is 4.24. The van der Waals surface area contributed by atoms with Gasteiger partial charge in [0.25, 0.3) is 0 Å². The number of nitrogens with zero attached hydrogens (tertiary/aromatic N) is 4. The number of fused-ring (bicyclic) bond motifs is 2. The van der Waals surface area contributed by atoms with Gasteiger partial charge >= 0.3 is 0 Å². The Labute approximate surface area is 142 Å². The molecule has 25 heavy (non-hydrogen) atoms. The Morgan fingerprint density at radius 1 is 0.960 bits per heavy atom. The molecule has 0 atom stereocenters. The molecule has 6 nitrogen and oxygen atoms in total. The van der Waals surface area contributed by atoms with Gasteiger partial charge in [0.15, 0.2) is 11.3 Å². The number of benzene rings is 2. The molecule has 0 saturated carbocycles. The molecule has 0 saturated heterocycles. The van der Waals surface area contributed by atoms with E-state index in [0.29, 0.717) is 11.3 Å². The SMILES string of the molecule is Oc1ccc(-c2cnc3ncn(-c4ccc5[nH]ccc5c4)c3n2)cc1. The average molecular weight is 327 g/mol. The first-order chi connectivity index (χ1) is 12.3. The van der Waals surface area contributed by atoms with Gasteiger partial charge in [-0.15, -0.1) is 0 Å². The van der Waals surface area contributed by atoms with Gasteiger partial charge in [0.1, 0.15) is 12.1 Å². The van der Waals surface area contributed by atoms with Crippen LogP contribution in [0.2, 0.25) is 0 Å². The molecule has 2 aromatic carbocycles. The quantitative estimate of drug-likeness (QED) is 0.518. The van der Waals surface area contributed by atoms with Crippen LogP contribution in [0.4, 0.5) is 0 Å². The number of aromatic hydroxyl groups is 1. The van der Waals surface area contributed by atoms with Crippen molar-refractivity contribution in [3.05, 3.63) is 67.3 Å². The Balaban J connectivity index is 1.68. The number of nitrogens with one attached hydrogen (secondary N) is 1. The van der Waals surface area contributed by atoms with Crippen molar-refractivity contribution >= 4 is 22.2 Å². The van der Waals surface area contributed by atoms with Crippen LogP contribution in [0.3, 0.4) is 0 Å². The molecule has 0 unspecified atom stereocenters. The molecule has 0 fully saturated rings. The standard InChI is InChI=1S/C19H13N5O/c25-15-4-1-12(2-5-15)17-10-21-18-19(23-17)24(11-22-18)14-3-6-16-13(9-14)7-8-20-16/h1-11,20,25H. The van der Waals surface area contributed by atoms with E-state index in [0.717, 1.165) is 27.8 Å². The number of aromatic amines is 1. The minimum Gasteiger partial charge on any atom is -0.508 e.